The summed E-state index contributed by atoms with van der Waals surface area (Å²) < 4.78 is 5.48. The van der Waals surface area contributed by atoms with Gasteiger partial charge in [0, 0.05) is 18.5 Å². The first-order chi connectivity index (χ1) is 12.5. The van der Waals surface area contributed by atoms with Crippen LogP contribution >= 0.6 is 0 Å². The van der Waals surface area contributed by atoms with Crippen molar-refractivity contribution in [3.8, 4) is 0 Å². The number of aryl methyl sites for hydroxylation is 2. The molecule has 5 nitrogen and oxygen atoms in total. The molecule has 2 aromatic rings. The van der Waals surface area contributed by atoms with Gasteiger partial charge in [-0.05, 0) is 51.8 Å². The summed E-state index contributed by atoms with van der Waals surface area (Å²) in [7, 11) is 0. The van der Waals surface area contributed by atoms with E-state index >= 15 is 0 Å². The molecule has 1 unspecified atom stereocenters. The minimum atomic E-state index is -0.784. The van der Waals surface area contributed by atoms with Crippen molar-refractivity contribution in [2.75, 3.05) is 13.1 Å². The summed E-state index contributed by atoms with van der Waals surface area (Å²) in [6.45, 7) is 6.93. The van der Waals surface area contributed by atoms with Crippen LogP contribution in [-0.2, 0) is 9.53 Å². The monoisotopic (exact) mass is 354 g/mol. The second-order valence-electron chi connectivity index (χ2n) is 7.10. The number of aromatic nitrogens is 1. The molecule has 1 fully saturated rings. The first kappa shape index (κ1) is 18.4. The van der Waals surface area contributed by atoms with E-state index in [1.54, 1.807) is 19.9 Å². The van der Waals surface area contributed by atoms with Gasteiger partial charge < -0.3 is 9.64 Å². The Morgan fingerprint density at radius 2 is 1.77 bits per heavy atom. The lowest BCUT2D eigenvalue weighted by atomic mass is 10.1. The Morgan fingerprint density at radius 1 is 1.08 bits per heavy atom. The van der Waals surface area contributed by atoms with Crippen molar-refractivity contribution in [1.82, 2.24) is 9.88 Å². The zero-order valence-corrected chi connectivity index (χ0v) is 15.7. The summed E-state index contributed by atoms with van der Waals surface area (Å²) >= 11 is 0. The average molecular weight is 354 g/mol. The zero-order chi connectivity index (χ0) is 18.7. The summed E-state index contributed by atoms with van der Waals surface area (Å²) in [6, 6.07) is 7.73. The Bertz CT molecular complexity index is 823. The number of nitrogens with zero attached hydrogens (tertiary/aromatic N) is 2. The van der Waals surface area contributed by atoms with E-state index in [9.17, 15) is 9.59 Å². The van der Waals surface area contributed by atoms with E-state index in [2.05, 4.69) is 4.98 Å². The number of rotatable bonds is 3. The standard InChI is InChI=1S/C21H26N2O3/c1-14-8-9-19-17(12-14)13-18(15(2)22-19)21(25)26-16(3)20(24)23-10-6-4-5-7-11-23/h8-9,12-13,16H,4-7,10-11H2,1-3H3. The molecule has 5 heteroatoms. The SMILES string of the molecule is Cc1ccc2nc(C)c(C(=O)OC(C)C(=O)N3CCCCCC3)cc2c1. The maximum absolute atomic E-state index is 12.6. The number of ether oxygens (including phenoxy) is 1. The number of pyridine rings is 1. The van der Waals surface area contributed by atoms with Crippen LogP contribution in [0.5, 0.6) is 0 Å². The maximum atomic E-state index is 12.6. The third kappa shape index (κ3) is 4.03. The number of esters is 1. The molecule has 3 rings (SSSR count). The molecule has 0 radical (unpaired) electrons. The van der Waals surface area contributed by atoms with Gasteiger partial charge >= 0.3 is 5.97 Å². The number of hydrogen-bond acceptors (Lipinski definition) is 4. The molecule has 0 N–H and O–H groups in total. The second-order valence-corrected chi connectivity index (χ2v) is 7.10. The third-order valence-electron chi connectivity index (χ3n) is 4.93. The Hall–Kier alpha value is -2.43. The molecule has 26 heavy (non-hydrogen) atoms. The predicted octanol–water partition coefficient (Wildman–Crippen LogP) is 3.80. The summed E-state index contributed by atoms with van der Waals surface area (Å²) in [5.74, 6) is -0.600. The van der Waals surface area contributed by atoms with Crippen molar-refractivity contribution in [3.63, 3.8) is 0 Å². The Kier molecular flexibility index (Phi) is 5.55. The zero-order valence-electron chi connectivity index (χ0n) is 15.7. The minimum Gasteiger partial charge on any atom is -0.449 e. The van der Waals surface area contributed by atoms with E-state index in [-0.39, 0.29) is 5.91 Å². The molecule has 1 aliphatic heterocycles. The van der Waals surface area contributed by atoms with Gasteiger partial charge in [-0.1, -0.05) is 24.5 Å². The average Bonchev–Trinajstić information content (AvgIpc) is 2.90. The van der Waals surface area contributed by atoms with Crippen LogP contribution in [0.3, 0.4) is 0 Å². The second kappa shape index (κ2) is 7.85. The van der Waals surface area contributed by atoms with Gasteiger partial charge in [-0.15, -0.1) is 0 Å². The van der Waals surface area contributed by atoms with Gasteiger partial charge in [-0.2, -0.15) is 0 Å². The number of fused-ring (bicyclic) bond motifs is 1. The molecule has 0 spiro atoms. The molecule has 1 amide bonds. The predicted molar refractivity (Wildman–Crippen MR) is 101 cm³/mol. The van der Waals surface area contributed by atoms with Crippen LogP contribution in [0.15, 0.2) is 24.3 Å². The Balaban J connectivity index is 1.75. The van der Waals surface area contributed by atoms with Crippen molar-refractivity contribution in [2.45, 2.75) is 52.6 Å². The van der Waals surface area contributed by atoms with Crippen molar-refractivity contribution in [3.05, 3.63) is 41.1 Å². The molecule has 1 atom stereocenters. The molecule has 2 heterocycles. The van der Waals surface area contributed by atoms with Crippen LogP contribution in [0, 0.1) is 13.8 Å². The number of carbonyl (C=O) groups is 2. The third-order valence-corrected chi connectivity index (χ3v) is 4.93. The number of hydrogen-bond donors (Lipinski definition) is 0. The number of likely N-dealkylation sites (tertiary alicyclic amines) is 1. The summed E-state index contributed by atoms with van der Waals surface area (Å²) in [5, 5.41) is 0.897. The van der Waals surface area contributed by atoms with E-state index in [1.165, 1.54) is 0 Å². The van der Waals surface area contributed by atoms with E-state index in [0.717, 1.165) is 55.2 Å². The summed E-state index contributed by atoms with van der Waals surface area (Å²) in [4.78, 5) is 31.5. The fourth-order valence-electron chi connectivity index (χ4n) is 3.42. The van der Waals surface area contributed by atoms with Gasteiger partial charge in [-0.3, -0.25) is 9.78 Å². The van der Waals surface area contributed by atoms with Crippen molar-refractivity contribution >= 4 is 22.8 Å². The first-order valence-corrected chi connectivity index (χ1v) is 9.33. The maximum Gasteiger partial charge on any atom is 0.340 e. The topological polar surface area (TPSA) is 59.5 Å². The lowest BCUT2D eigenvalue weighted by Crippen LogP contribution is -2.40. The van der Waals surface area contributed by atoms with E-state index in [1.807, 2.05) is 30.0 Å². The highest BCUT2D eigenvalue weighted by atomic mass is 16.5. The van der Waals surface area contributed by atoms with Crippen molar-refractivity contribution in [1.29, 1.82) is 0 Å². The van der Waals surface area contributed by atoms with Gasteiger partial charge in [0.15, 0.2) is 6.10 Å². The van der Waals surface area contributed by atoms with Crippen LogP contribution < -0.4 is 0 Å². The lowest BCUT2D eigenvalue weighted by Gasteiger charge is -2.24. The van der Waals surface area contributed by atoms with E-state index < -0.39 is 12.1 Å². The van der Waals surface area contributed by atoms with Crippen LogP contribution in [0.1, 0.15) is 54.2 Å². The van der Waals surface area contributed by atoms with E-state index in [0.29, 0.717) is 11.3 Å². The van der Waals surface area contributed by atoms with Crippen LogP contribution in [0.2, 0.25) is 0 Å². The molecule has 0 aliphatic carbocycles. The normalized spacial score (nSPS) is 16.2. The lowest BCUT2D eigenvalue weighted by molar-refractivity contribution is -0.139. The fraction of sp³-hybridized carbons (Fsp3) is 0.476. The largest absolute Gasteiger partial charge is 0.449 e. The highest BCUT2D eigenvalue weighted by Crippen LogP contribution is 2.20. The molecule has 1 aromatic carbocycles. The first-order valence-electron chi connectivity index (χ1n) is 9.33. The molecule has 0 saturated carbocycles. The van der Waals surface area contributed by atoms with Gasteiger partial charge in [-0.25, -0.2) is 4.79 Å². The number of carbonyl (C=O) groups excluding carboxylic acids is 2. The van der Waals surface area contributed by atoms with E-state index in [4.69, 9.17) is 4.74 Å². The fourth-order valence-corrected chi connectivity index (χ4v) is 3.42. The van der Waals surface area contributed by atoms with Crippen LogP contribution in [-0.4, -0.2) is 41.0 Å². The Morgan fingerprint density at radius 3 is 2.46 bits per heavy atom. The molecular formula is C21H26N2O3. The van der Waals surface area contributed by atoms with Crippen molar-refractivity contribution < 1.29 is 14.3 Å². The molecule has 138 valence electrons. The Labute approximate surface area is 154 Å². The molecular weight excluding hydrogens is 328 g/mol. The summed E-state index contributed by atoms with van der Waals surface area (Å²) in [5.41, 5.74) is 2.98. The molecule has 1 aliphatic rings. The molecule has 0 bridgehead atoms. The van der Waals surface area contributed by atoms with Crippen molar-refractivity contribution in [2.24, 2.45) is 0 Å². The number of benzene rings is 1. The summed E-state index contributed by atoms with van der Waals surface area (Å²) in [6.07, 6.45) is 3.55. The van der Waals surface area contributed by atoms with Gasteiger partial charge in [0.25, 0.3) is 5.91 Å². The van der Waals surface area contributed by atoms with Gasteiger partial charge in [0.2, 0.25) is 0 Å². The highest BCUT2D eigenvalue weighted by molar-refractivity contribution is 5.96. The quantitative estimate of drug-likeness (QED) is 0.787. The van der Waals surface area contributed by atoms with Crippen LogP contribution in [0.4, 0.5) is 0 Å². The smallest absolute Gasteiger partial charge is 0.340 e. The van der Waals surface area contributed by atoms with Gasteiger partial charge in [0.05, 0.1) is 16.8 Å². The van der Waals surface area contributed by atoms with Crippen LogP contribution in [0.25, 0.3) is 10.9 Å². The molecule has 1 saturated heterocycles. The van der Waals surface area contributed by atoms with Gasteiger partial charge in [0.1, 0.15) is 0 Å². The molecule has 1 aromatic heterocycles. The number of amides is 1. The highest BCUT2D eigenvalue weighted by Gasteiger charge is 2.25. The minimum absolute atomic E-state index is 0.109.